The number of hydrogen-bond acceptors (Lipinski definition) is 5. The number of fused-ring (bicyclic) bond motifs is 2. The number of rotatable bonds is 5. The molecule has 2 fully saturated rings. The second-order valence-electron chi connectivity index (χ2n) is 10.2. The van der Waals surface area contributed by atoms with Crippen LogP contribution in [0.1, 0.15) is 77.7 Å². The van der Waals surface area contributed by atoms with Gasteiger partial charge in [0.05, 0.1) is 16.6 Å². The van der Waals surface area contributed by atoms with Crippen LogP contribution in [0, 0.1) is 5.92 Å². The summed E-state index contributed by atoms with van der Waals surface area (Å²) in [5.74, 6) is 1.32. The van der Waals surface area contributed by atoms with Gasteiger partial charge in [0.2, 0.25) is 5.91 Å². The number of thiophene rings is 1. The SMILES string of the molecule is Cn1c(C2CCCO2)nc2cc(NC(=O)CC3CCCC3)cc(C(=O)N3CCc4sccc4C3)c21. The van der Waals surface area contributed by atoms with Crippen LogP contribution >= 0.6 is 11.3 Å². The Morgan fingerprint density at radius 2 is 2.06 bits per heavy atom. The van der Waals surface area contributed by atoms with Crippen molar-refractivity contribution in [3.8, 4) is 0 Å². The van der Waals surface area contributed by atoms with Crippen LogP contribution < -0.4 is 5.32 Å². The molecular weight excluding hydrogens is 460 g/mol. The molecule has 0 bridgehead atoms. The standard InChI is InChI=1S/C27H32N4O3S/c1-30-25-20(27(33)31-10-8-23-18(16-31)9-12-35-23)14-19(28-24(32)13-17-5-2-3-6-17)15-21(25)29-26(30)22-7-4-11-34-22/h9,12,14-15,17,22H,2-8,10-11,13,16H2,1H3,(H,28,32). The van der Waals surface area contributed by atoms with E-state index in [0.29, 0.717) is 36.7 Å². The van der Waals surface area contributed by atoms with Crippen molar-refractivity contribution in [2.24, 2.45) is 13.0 Å². The molecule has 1 aliphatic carbocycles. The van der Waals surface area contributed by atoms with Crippen molar-refractivity contribution < 1.29 is 14.3 Å². The van der Waals surface area contributed by atoms with Crippen LogP contribution in [0.25, 0.3) is 11.0 Å². The fourth-order valence-corrected chi connectivity index (χ4v) is 6.84. The first-order chi connectivity index (χ1) is 17.1. The molecule has 2 aliphatic heterocycles. The smallest absolute Gasteiger partial charge is 0.256 e. The van der Waals surface area contributed by atoms with Crippen molar-refractivity contribution in [3.63, 3.8) is 0 Å². The summed E-state index contributed by atoms with van der Waals surface area (Å²) in [6.45, 7) is 2.05. The fraction of sp³-hybridized carbons (Fsp3) is 0.519. The Morgan fingerprint density at radius 1 is 1.20 bits per heavy atom. The molecule has 1 aromatic carbocycles. The minimum absolute atomic E-state index is 0.0133. The Morgan fingerprint density at radius 3 is 2.86 bits per heavy atom. The lowest BCUT2D eigenvalue weighted by molar-refractivity contribution is -0.117. The van der Waals surface area contributed by atoms with Gasteiger partial charge in [0, 0.05) is 43.7 Å². The molecule has 8 heteroatoms. The van der Waals surface area contributed by atoms with E-state index >= 15 is 0 Å². The molecule has 6 rings (SSSR count). The zero-order valence-corrected chi connectivity index (χ0v) is 21.0. The van der Waals surface area contributed by atoms with Gasteiger partial charge < -0.3 is 19.5 Å². The summed E-state index contributed by atoms with van der Waals surface area (Å²) in [6, 6.07) is 5.87. The monoisotopic (exact) mass is 492 g/mol. The summed E-state index contributed by atoms with van der Waals surface area (Å²) < 4.78 is 7.93. The molecule has 0 spiro atoms. The number of anilines is 1. The maximum atomic E-state index is 13.9. The molecule has 1 N–H and O–H groups in total. The number of amides is 2. The molecular formula is C27H32N4O3S. The van der Waals surface area contributed by atoms with Gasteiger partial charge in [0.15, 0.2) is 0 Å². The Balaban J connectivity index is 1.35. The van der Waals surface area contributed by atoms with Gasteiger partial charge in [-0.15, -0.1) is 11.3 Å². The van der Waals surface area contributed by atoms with Gasteiger partial charge in [-0.2, -0.15) is 0 Å². The van der Waals surface area contributed by atoms with Crippen LogP contribution in [0.15, 0.2) is 23.6 Å². The van der Waals surface area contributed by atoms with Crippen LogP contribution in [-0.4, -0.2) is 39.4 Å². The van der Waals surface area contributed by atoms with E-state index in [2.05, 4.69) is 16.8 Å². The number of nitrogens with zero attached hydrogens (tertiary/aromatic N) is 3. The quantitative estimate of drug-likeness (QED) is 0.531. The molecule has 184 valence electrons. The topological polar surface area (TPSA) is 76.5 Å². The molecule has 4 heterocycles. The van der Waals surface area contributed by atoms with Gasteiger partial charge in [-0.3, -0.25) is 9.59 Å². The molecule has 2 amide bonds. The van der Waals surface area contributed by atoms with Crippen LogP contribution in [0.3, 0.4) is 0 Å². The second-order valence-corrected chi connectivity index (χ2v) is 11.2. The maximum absolute atomic E-state index is 13.9. The molecule has 2 aromatic heterocycles. The first kappa shape index (κ1) is 22.7. The molecule has 1 saturated heterocycles. The number of nitrogens with one attached hydrogen (secondary N) is 1. The summed E-state index contributed by atoms with van der Waals surface area (Å²) in [6.07, 6.45) is 7.98. The zero-order chi connectivity index (χ0) is 23.9. The van der Waals surface area contributed by atoms with Crippen molar-refractivity contribution in [2.75, 3.05) is 18.5 Å². The number of ether oxygens (including phenoxy) is 1. The number of hydrogen-bond donors (Lipinski definition) is 1. The molecule has 3 aromatic rings. The number of aromatic nitrogens is 2. The Hall–Kier alpha value is -2.71. The molecule has 35 heavy (non-hydrogen) atoms. The summed E-state index contributed by atoms with van der Waals surface area (Å²) in [7, 11) is 1.97. The molecule has 1 saturated carbocycles. The number of benzene rings is 1. The number of aryl methyl sites for hydroxylation is 1. The highest BCUT2D eigenvalue weighted by Crippen LogP contribution is 2.34. The average molecular weight is 493 g/mol. The maximum Gasteiger partial charge on any atom is 0.256 e. The highest BCUT2D eigenvalue weighted by molar-refractivity contribution is 7.10. The number of carbonyl (C=O) groups excluding carboxylic acids is 2. The molecule has 0 radical (unpaired) electrons. The third kappa shape index (κ3) is 4.38. The predicted octanol–water partition coefficient (Wildman–Crippen LogP) is 5.20. The van der Waals surface area contributed by atoms with Gasteiger partial charge in [-0.05, 0) is 67.2 Å². The van der Waals surface area contributed by atoms with Gasteiger partial charge in [-0.25, -0.2) is 4.98 Å². The van der Waals surface area contributed by atoms with Crippen molar-refractivity contribution in [2.45, 2.75) is 64.0 Å². The largest absolute Gasteiger partial charge is 0.370 e. The second kappa shape index (κ2) is 9.39. The predicted molar refractivity (Wildman–Crippen MR) is 137 cm³/mol. The van der Waals surface area contributed by atoms with E-state index in [0.717, 1.165) is 55.6 Å². The lowest BCUT2D eigenvalue weighted by Crippen LogP contribution is -2.35. The van der Waals surface area contributed by atoms with Crippen molar-refractivity contribution >= 4 is 39.9 Å². The van der Waals surface area contributed by atoms with Gasteiger partial charge in [0.25, 0.3) is 5.91 Å². The summed E-state index contributed by atoms with van der Waals surface area (Å²) in [5, 5.41) is 5.18. The van der Waals surface area contributed by atoms with Crippen LogP contribution in [-0.2, 0) is 29.5 Å². The molecule has 1 atom stereocenters. The Bertz CT molecular complexity index is 1270. The number of carbonyl (C=O) groups is 2. The average Bonchev–Trinajstić information content (AvgIpc) is 3.65. The van der Waals surface area contributed by atoms with E-state index in [1.165, 1.54) is 23.3 Å². The van der Waals surface area contributed by atoms with E-state index in [9.17, 15) is 9.59 Å². The molecule has 3 aliphatic rings. The lowest BCUT2D eigenvalue weighted by atomic mass is 10.0. The summed E-state index contributed by atoms with van der Waals surface area (Å²) in [4.78, 5) is 34.9. The van der Waals surface area contributed by atoms with Gasteiger partial charge in [0.1, 0.15) is 11.9 Å². The third-order valence-electron chi connectivity index (χ3n) is 7.78. The van der Waals surface area contributed by atoms with Crippen molar-refractivity contribution in [1.82, 2.24) is 14.5 Å². The fourth-order valence-electron chi connectivity index (χ4n) is 5.96. The van der Waals surface area contributed by atoms with Crippen molar-refractivity contribution in [1.29, 1.82) is 0 Å². The Labute approximate surface area is 209 Å². The Kier molecular flexibility index (Phi) is 6.10. The van der Waals surface area contributed by atoms with E-state index in [1.807, 2.05) is 28.6 Å². The van der Waals surface area contributed by atoms with Crippen molar-refractivity contribution in [3.05, 3.63) is 45.4 Å². The third-order valence-corrected chi connectivity index (χ3v) is 8.80. The van der Waals surface area contributed by atoms with Crippen LogP contribution in [0.5, 0.6) is 0 Å². The normalized spacial score (nSPS) is 20.5. The zero-order valence-electron chi connectivity index (χ0n) is 20.2. The highest BCUT2D eigenvalue weighted by atomic mass is 32.1. The van der Waals surface area contributed by atoms with E-state index in [1.54, 1.807) is 11.3 Å². The van der Waals surface area contributed by atoms with Crippen LogP contribution in [0.4, 0.5) is 5.69 Å². The van der Waals surface area contributed by atoms with Gasteiger partial charge in [-0.1, -0.05) is 12.8 Å². The molecule has 1 unspecified atom stereocenters. The van der Waals surface area contributed by atoms with E-state index in [-0.39, 0.29) is 17.9 Å². The van der Waals surface area contributed by atoms with E-state index in [4.69, 9.17) is 9.72 Å². The molecule has 7 nitrogen and oxygen atoms in total. The van der Waals surface area contributed by atoms with Crippen LogP contribution in [0.2, 0.25) is 0 Å². The first-order valence-electron chi connectivity index (χ1n) is 12.8. The first-order valence-corrected chi connectivity index (χ1v) is 13.7. The summed E-state index contributed by atoms with van der Waals surface area (Å²) in [5.41, 5.74) is 4.02. The van der Waals surface area contributed by atoms with Gasteiger partial charge >= 0.3 is 0 Å². The highest BCUT2D eigenvalue weighted by Gasteiger charge is 2.29. The summed E-state index contributed by atoms with van der Waals surface area (Å²) >= 11 is 1.77. The number of imidazole rings is 1. The van der Waals surface area contributed by atoms with E-state index < -0.39 is 0 Å². The minimum Gasteiger partial charge on any atom is -0.370 e. The minimum atomic E-state index is -0.0564. The lowest BCUT2D eigenvalue weighted by Gasteiger charge is -2.27.